The molecule has 0 N–H and O–H groups in total. The van der Waals surface area contributed by atoms with Crippen molar-refractivity contribution in [1.29, 1.82) is 5.26 Å². The van der Waals surface area contributed by atoms with Gasteiger partial charge in [0.05, 0.1) is 11.6 Å². The van der Waals surface area contributed by atoms with Gasteiger partial charge in [-0.1, -0.05) is 47.1 Å². The van der Waals surface area contributed by atoms with Gasteiger partial charge in [-0.05, 0) is 30.7 Å². The van der Waals surface area contributed by atoms with Crippen molar-refractivity contribution in [2.75, 3.05) is 0 Å². The second kappa shape index (κ2) is 6.74. The minimum Gasteiger partial charge on any atom is -0.383 e. The van der Waals surface area contributed by atoms with Crippen LogP contribution < -0.4 is 0 Å². The van der Waals surface area contributed by atoms with E-state index >= 15 is 0 Å². The third kappa shape index (κ3) is 3.17. The van der Waals surface area contributed by atoms with Gasteiger partial charge in [0.1, 0.15) is 0 Å². The normalized spacial score (nSPS) is 12.1. The zero-order valence-corrected chi connectivity index (χ0v) is 11.7. The SMILES string of the molecule is CC=NOC(c1ccc(Cl)cc1)c1ccccc1C#N. The van der Waals surface area contributed by atoms with Gasteiger partial charge in [-0.15, -0.1) is 0 Å². The molecule has 1 unspecified atom stereocenters. The van der Waals surface area contributed by atoms with Crippen LogP contribution in [0.25, 0.3) is 0 Å². The van der Waals surface area contributed by atoms with Crippen LogP contribution in [0.2, 0.25) is 5.02 Å². The quantitative estimate of drug-likeness (QED) is 0.620. The van der Waals surface area contributed by atoms with Crippen LogP contribution >= 0.6 is 11.6 Å². The topological polar surface area (TPSA) is 45.4 Å². The van der Waals surface area contributed by atoms with Crippen molar-refractivity contribution >= 4 is 17.8 Å². The van der Waals surface area contributed by atoms with E-state index < -0.39 is 6.10 Å². The second-order valence-corrected chi connectivity index (χ2v) is 4.54. The van der Waals surface area contributed by atoms with E-state index in [9.17, 15) is 5.26 Å². The predicted molar refractivity (Wildman–Crippen MR) is 79.7 cm³/mol. The average Bonchev–Trinajstić information content (AvgIpc) is 2.50. The molecule has 2 rings (SSSR count). The molecule has 0 heterocycles. The summed E-state index contributed by atoms with van der Waals surface area (Å²) in [6, 6.07) is 16.8. The first-order valence-corrected chi connectivity index (χ1v) is 6.52. The van der Waals surface area contributed by atoms with Gasteiger partial charge in [0.25, 0.3) is 0 Å². The molecule has 0 aliphatic heterocycles. The molecule has 20 heavy (non-hydrogen) atoms. The maximum atomic E-state index is 9.22. The van der Waals surface area contributed by atoms with Gasteiger partial charge >= 0.3 is 0 Å². The van der Waals surface area contributed by atoms with E-state index in [-0.39, 0.29) is 0 Å². The molecule has 0 radical (unpaired) electrons. The molecule has 4 heteroatoms. The fraction of sp³-hybridized carbons (Fsp3) is 0.125. The fourth-order valence-electron chi connectivity index (χ4n) is 1.88. The number of nitriles is 1. The van der Waals surface area contributed by atoms with Crippen molar-refractivity contribution in [3.05, 3.63) is 70.2 Å². The largest absolute Gasteiger partial charge is 0.383 e. The number of benzene rings is 2. The molecular weight excluding hydrogens is 272 g/mol. The molecule has 0 aliphatic rings. The van der Waals surface area contributed by atoms with Gasteiger partial charge in [0, 0.05) is 16.8 Å². The van der Waals surface area contributed by atoms with Crippen molar-refractivity contribution < 1.29 is 4.84 Å². The lowest BCUT2D eigenvalue weighted by Crippen LogP contribution is -2.05. The summed E-state index contributed by atoms with van der Waals surface area (Å²) >= 11 is 5.90. The van der Waals surface area contributed by atoms with Gasteiger partial charge in [0.15, 0.2) is 6.10 Å². The lowest BCUT2D eigenvalue weighted by Gasteiger charge is -2.17. The zero-order valence-electron chi connectivity index (χ0n) is 11.0. The van der Waals surface area contributed by atoms with Crippen molar-refractivity contribution in [1.82, 2.24) is 0 Å². The Bertz CT molecular complexity index is 644. The number of hydrogen-bond donors (Lipinski definition) is 0. The van der Waals surface area contributed by atoms with Crippen molar-refractivity contribution in [2.45, 2.75) is 13.0 Å². The van der Waals surface area contributed by atoms with Crippen LogP contribution in [0.15, 0.2) is 53.7 Å². The van der Waals surface area contributed by atoms with Crippen LogP contribution in [0.3, 0.4) is 0 Å². The lowest BCUT2D eigenvalue weighted by molar-refractivity contribution is 0.0884. The monoisotopic (exact) mass is 284 g/mol. The standard InChI is InChI=1S/C16H13ClN2O/c1-2-19-20-16(12-7-9-14(17)10-8-12)15-6-4-3-5-13(15)11-18/h2-10,16H,1H3. The van der Waals surface area contributed by atoms with Gasteiger partial charge in [-0.2, -0.15) is 5.26 Å². The Hall–Kier alpha value is -2.31. The van der Waals surface area contributed by atoms with E-state index in [0.29, 0.717) is 10.6 Å². The smallest absolute Gasteiger partial charge is 0.178 e. The van der Waals surface area contributed by atoms with E-state index in [2.05, 4.69) is 11.2 Å². The molecule has 1 atom stereocenters. The molecule has 100 valence electrons. The molecule has 0 spiro atoms. The van der Waals surface area contributed by atoms with E-state index in [4.69, 9.17) is 16.4 Å². The lowest BCUT2D eigenvalue weighted by atomic mass is 9.97. The van der Waals surface area contributed by atoms with Gasteiger partial charge in [-0.25, -0.2) is 0 Å². The molecular formula is C16H13ClN2O. The fourth-order valence-corrected chi connectivity index (χ4v) is 2.01. The number of oxime groups is 1. The Morgan fingerprint density at radius 1 is 1.20 bits per heavy atom. The molecule has 0 fully saturated rings. The molecule has 0 saturated heterocycles. The molecule has 0 saturated carbocycles. The highest BCUT2D eigenvalue weighted by molar-refractivity contribution is 6.30. The molecule has 2 aromatic carbocycles. The Balaban J connectivity index is 2.47. The maximum absolute atomic E-state index is 9.22. The zero-order chi connectivity index (χ0) is 14.4. The van der Waals surface area contributed by atoms with Crippen molar-refractivity contribution in [2.24, 2.45) is 5.16 Å². The third-order valence-electron chi connectivity index (χ3n) is 2.81. The van der Waals surface area contributed by atoms with E-state index in [0.717, 1.165) is 11.1 Å². The second-order valence-electron chi connectivity index (χ2n) is 4.10. The molecule has 0 aromatic heterocycles. The molecule has 0 bridgehead atoms. The minimum absolute atomic E-state index is 0.431. The van der Waals surface area contributed by atoms with Crippen LogP contribution in [0, 0.1) is 11.3 Å². The summed E-state index contributed by atoms with van der Waals surface area (Å²) in [4.78, 5) is 5.52. The Morgan fingerprint density at radius 2 is 1.90 bits per heavy atom. The van der Waals surface area contributed by atoms with E-state index in [1.54, 1.807) is 31.3 Å². The molecule has 0 aliphatic carbocycles. The Morgan fingerprint density at radius 3 is 2.55 bits per heavy atom. The van der Waals surface area contributed by atoms with Gasteiger partial charge in [0.2, 0.25) is 0 Å². The van der Waals surface area contributed by atoms with Gasteiger partial charge in [-0.3, -0.25) is 0 Å². The first-order chi connectivity index (χ1) is 9.76. The number of nitrogens with zero attached hydrogens (tertiary/aromatic N) is 2. The molecule has 0 amide bonds. The first-order valence-electron chi connectivity index (χ1n) is 6.14. The van der Waals surface area contributed by atoms with Crippen LogP contribution in [0.1, 0.15) is 29.7 Å². The summed E-state index contributed by atoms with van der Waals surface area (Å²) in [5.74, 6) is 0. The van der Waals surface area contributed by atoms with Crippen LogP contribution in [-0.2, 0) is 4.84 Å². The number of halogens is 1. The van der Waals surface area contributed by atoms with Gasteiger partial charge < -0.3 is 4.84 Å². The Kier molecular flexibility index (Phi) is 4.75. The molecule has 3 nitrogen and oxygen atoms in total. The summed E-state index contributed by atoms with van der Waals surface area (Å²) in [5.41, 5.74) is 2.24. The highest BCUT2D eigenvalue weighted by Crippen LogP contribution is 2.29. The van der Waals surface area contributed by atoms with E-state index in [1.165, 1.54) is 0 Å². The summed E-state index contributed by atoms with van der Waals surface area (Å²) in [5, 5.41) is 13.7. The van der Waals surface area contributed by atoms with Crippen LogP contribution in [-0.4, -0.2) is 6.21 Å². The first kappa shape index (κ1) is 14.1. The summed E-state index contributed by atoms with van der Waals surface area (Å²) in [6.45, 7) is 1.77. The predicted octanol–water partition coefficient (Wildman–Crippen LogP) is 4.32. The van der Waals surface area contributed by atoms with Crippen LogP contribution in [0.5, 0.6) is 0 Å². The maximum Gasteiger partial charge on any atom is 0.178 e. The Labute approximate surface area is 123 Å². The summed E-state index contributed by atoms with van der Waals surface area (Å²) in [7, 11) is 0. The summed E-state index contributed by atoms with van der Waals surface area (Å²) in [6.07, 6.45) is 1.14. The number of rotatable bonds is 4. The van der Waals surface area contributed by atoms with Crippen LogP contribution in [0.4, 0.5) is 0 Å². The molecule has 2 aromatic rings. The van der Waals surface area contributed by atoms with E-state index in [1.807, 2.05) is 30.3 Å². The third-order valence-corrected chi connectivity index (χ3v) is 3.06. The highest BCUT2D eigenvalue weighted by atomic mass is 35.5. The average molecular weight is 285 g/mol. The van der Waals surface area contributed by atoms with Crippen molar-refractivity contribution in [3.8, 4) is 6.07 Å². The number of hydrogen-bond acceptors (Lipinski definition) is 3. The highest BCUT2D eigenvalue weighted by Gasteiger charge is 2.19. The van der Waals surface area contributed by atoms with Crippen molar-refractivity contribution in [3.63, 3.8) is 0 Å². The minimum atomic E-state index is -0.431. The summed E-state index contributed by atoms with van der Waals surface area (Å²) < 4.78 is 0.